The summed E-state index contributed by atoms with van der Waals surface area (Å²) in [5, 5.41) is 11.2. The highest BCUT2D eigenvalue weighted by Crippen LogP contribution is 2.18. The van der Waals surface area contributed by atoms with Gasteiger partial charge in [0.2, 0.25) is 17.7 Å². The van der Waals surface area contributed by atoms with Crippen molar-refractivity contribution < 1.29 is 13.6 Å². The molecule has 0 fully saturated rings. The molecule has 1 aromatic heterocycles. The highest BCUT2D eigenvalue weighted by molar-refractivity contribution is 6.31. The molecule has 2 aromatic carbocycles. The molecule has 1 amide bonds. The maximum absolute atomic E-state index is 12.9. The van der Waals surface area contributed by atoms with Gasteiger partial charge in [-0.1, -0.05) is 29.8 Å². The lowest BCUT2D eigenvalue weighted by molar-refractivity contribution is -0.121. The van der Waals surface area contributed by atoms with Crippen LogP contribution in [0.1, 0.15) is 17.9 Å². The fraction of sp³-hybridized carbons (Fsp3) is 0.167. The fourth-order valence-corrected chi connectivity index (χ4v) is 2.41. The van der Waals surface area contributed by atoms with Crippen molar-refractivity contribution in [3.05, 3.63) is 70.8 Å². The number of nitrogens with one attached hydrogen (secondary N) is 1. The van der Waals surface area contributed by atoms with E-state index in [9.17, 15) is 9.18 Å². The van der Waals surface area contributed by atoms with Crippen LogP contribution in [-0.4, -0.2) is 16.1 Å². The summed E-state index contributed by atoms with van der Waals surface area (Å²) < 4.78 is 18.4. The summed E-state index contributed by atoms with van der Waals surface area (Å²) in [5.74, 6) is 0.179. The van der Waals surface area contributed by atoms with Gasteiger partial charge in [-0.15, -0.1) is 10.2 Å². The average Bonchev–Trinajstić information content (AvgIpc) is 3.09. The van der Waals surface area contributed by atoms with E-state index < -0.39 is 0 Å². The monoisotopic (exact) mass is 359 g/mol. The van der Waals surface area contributed by atoms with Crippen molar-refractivity contribution in [2.24, 2.45) is 0 Å². The molecule has 3 rings (SSSR count). The number of hydrogen-bond donors (Lipinski definition) is 1. The van der Waals surface area contributed by atoms with Crippen molar-refractivity contribution in [2.45, 2.75) is 19.4 Å². The molecule has 0 aliphatic carbocycles. The van der Waals surface area contributed by atoms with E-state index in [1.165, 1.54) is 12.1 Å². The third-order valence-electron chi connectivity index (χ3n) is 3.56. The van der Waals surface area contributed by atoms with Gasteiger partial charge in [-0.25, -0.2) is 4.39 Å². The van der Waals surface area contributed by atoms with Gasteiger partial charge in [-0.05, 0) is 35.9 Å². The van der Waals surface area contributed by atoms with Crippen molar-refractivity contribution in [1.82, 2.24) is 15.5 Å². The van der Waals surface area contributed by atoms with Gasteiger partial charge in [-0.3, -0.25) is 4.79 Å². The Labute approximate surface area is 148 Å². The maximum atomic E-state index is 12.9. The molecule has 0 aliphatic rings. The second-order valence-corrected chi connectivity index (χ2v) is 5.78. The van der Waals surface area contributed by atoms with E-state index in [1.54, 1.807) is 18.2 Å². The Kier molecular flexibility index (Phi) is 5.40. The first-order chi connectivity index (χ1) is 12.1. The fourth-order valence-electron chi connectivity index (χ4n) is 2.21. The minimum Gasteiger partial charge on any atom is -0.421 e. The molecule has 1 heterocycles. The standard InChI is InChI=1S/C18H15ClFN3O2/c19-15-4-2-1-3-13(15)11-21-16(24)9-10-17-22-23-18(25-17)12-5-7-14(20)8-6-12/h1-8H,9-11H2,(H,21,24). The number of halogens is 2. The largest absolute Gasteiger partial charge is 0.421 e. The first-order valence-electron chi connectivity index (χ1n) is 7.70. The zero-order chi connectivity index (χ0) is 17.6. The van der Waals surface area contributed by atoms with Crippen LogP contribution in [0.2, 0.25) is 5.02 Å². The molecular formula is C18H15ClFN3O2. The summed E-state index contributed by atoms with van der Waals surface area (Å²) in [6.07, 6.45) is 0.540. The molecule has 0 saturated heterocycles. The zero-order valence-electron chi connectivity index (χ0n) is 13.2. The van der Waals surface area contributed by atoms with Gasteiger partial charge in [0.1, 0.15) is 5.82 Å². The minimum atomic E-state index is -0.335. The summed E-state index contributed by atoms with van der Waals surface area (Å²) >= 11 is 6.04. The first-order valence-corrected chi connectivity index (χ1v) is 8.08. The van der Waals surface area contributed by atoms with Crippen molar-refractivity contribution in [3.8, 4) is 11.5 Å². The summed E-state index contributed by atoms with van der Waals surface area (Å²) in [5.41, 5.74) is 1.48. The van der Waals surface area contributed by atoms with E-state index >= 15 is 0 Å². The van der Waals surface area contributed by atoms with Crippen molar-refractivity contribution in [2.75, 3.05) is 0 Å². The summed E-state index contributed by atoms with van der Waals surface area (Å²) in [6, 6.07) is 13.1. The van der Waals surface area contributed by atoms with Gasteiger partial charge in [0.15, 0.2) is 0 Å². The molecule has 1 N–H and O–H groups in total. The van der Waals surface area contributed by atoms with Gasteiger partial charge in [0, 0.05) is 30.0 Å². The molecule has 0 bridgehead atoms. The van der Waals surface area contributed by atoms with Gasteiger partial charge >= 0.3 is 0 Å². The van der Waals surface area contributed by atoms with Crippen molar-refractivity contribution in [3.63, 3.8) is 0 Å². The van der Waals surface area contributed by atoms with Gasteiger partial charge in [0.25, 0.3) is 0 Å². The number of rotatable bonds is 6. The number of aromatic nitrogens is 2. The van der Waals surface area contributed by atoms with Gasteiger partial charge in [-0.2, -0.15) is 0 Å². The van der Waals surface area contributed by atoms with Crippen molar-refractivity contribution in [1.29, 1.82) is 0 Å². The van der Waals surface area contributed by atoms with Gasteiger partial charge < -0.3 is 9.73 Å². The Morgan fingerprint density at radius 3 is 2.64 bits per heavy atom. The molecule has 5 nitrogen and oxygen atoms in total. The predicted octanol–water partition coefficient (Wildman–Crippen LogP) is 3.78. The van der Waals surface area contributed by atoms with Crippen molar-refractivity contribution >= 4 is 17.5 Å². The van der Waals surface area contributed by atoms with E-state index in [4.69, 9.17) is 16.0 Å². The Balaban J connectivity index is 1.51. The molecule has 7 heteroatoms. The Bertz CT molecular complexity index is 865. The summed E-state index contributed by atoms with van der Waals surface area (Å²) in [6.45, 7) is 0.364. The maximum Gasteiger partial charge on any atom is 0.247 e. The number of benzene rings is 2. The number of aryl methyl sites for hydroxylation is 1. The molecule has 0 radical (unpaired) electrons. The molecule has 0 aliphatic heterocycles. The lowest BCUT2D eigenvalue weighted by Gasteiger charge is -2.06. The van der Waals surface area contributed by atoms with Crippen LogP contribution in [0.15, 0.2) is 52.9 Å². The third-order valence-corrected chi connectivity index (χ3v) is 3.93. The van der Waals surface area contributed by atoms with Gasteiger partial charge in [0.05, 0.1) is 0 Å². The molecule has 0 atom stereocenters. The highest BCUT2D eigenvalue weighted by Gasteiger charge is 2.11. The molecular weight excluding hydrogens is 345 g/mol. The Hall–Kier alpha value is -2.73. The Morgan fingerprint density at radius 1 is 1.12 bits per heavy atom. The SMILES string of the molecule is O=C(CCc1nnc(-c2ccc(F)cc2)o1)NCc1ccccc1Cl. The lowest BCUT2D eigenvalue weighted by Crippen LogP contribution is -2.23. The molecule has 0 unspecified atom stereocenters. The predicted molar refractivity (Wildman–Crippen MR) is 91.3 cm³/mol. The number of nitrogens with zero attached hydrogens (tertiary/aromatic N) is 2. The quantitative estimate of drug-likeness (QED) is 0.727. The van der Waals surface area contributed by atoms with Crippen LogP contribution in [0.25, 0.3) is 11.5 Å². The molecule has 128 valence electrons. The molecule has 0 spiro atoms. The van der Waals surface area contributed by atoms with Crippen LogP contribution in [-0.2, 0) is 17.8 Å². The van der Waals surface area contributed by atoms with Crippen LogP contribution in [0, 0.1) is 5.82 Å². The normalized spacial score (nSPS) is 10.6. The molecule has 3 aromatic rings. The van der Waals surface area contributed by atoms with E-state index in [0.29, 0.717) is 35.3 Å². The topological polar surface area (TPSA) is 68.0 Å². The van der Waals surface area contributed by atoms with E-state index in [-0.39, 0.29) is 18.1 Å². The van der Waals surface area contributed by atoms with Crippen LogP contribution in [0.4, 0.5) is 4.39 Å². The summed E-state index contributed by atoms with van der Waals surface area (Å²) in [7, 11) is 0. The van der Waals surface area contributed by atoms with Crippen LogP contribution in [0.5, 0.6) is 0 Å². The average molecular weight is 360 g/mol. The first kappa shape index (κ1) is 17.1. The number of amides is 1. The number of carbonyl (C=O) groups is 1. The molecule has 25 heavy (non-hydrogen) atoms. The van der Waals surface area contributed by atoms with Crippen LogP contribution < -0.4 is 5.32 Å². The summed E-state index contributed by atoms with van der Waals surface area (Å²) in [4.78, 5) is 11.9. The Morgan fingerprint density at radius 2 is 1.88 bits per heavy atom. The van der Waals surface area contributed by atoms with E-state index in [1.807, 2.05) is 18.2 Å². The van der Waals surface area contributed by atoms with Crippen LogP contribution in [0.3, 0.4) is 0 Å². The second-order valence-electron chi connectivity index (χ2n) is 5.38. The van der Waals surface area contributed by atoms with Crippen LogP contribution >= 0.6 is 11.6 Å². The van der Waals surface area contributed by atoms with E-state index in [2.05, 4.69) is 15.5 Å². The highest BCUT2D eigenvalue weighted by atomic mass is 35.5. The smallest absolute Gasteiger partial charge is 0.247 e. The number of hydrogen-bond acceptors (Lipinski definition) is 4. The lowest BCUT2D eigenvalue weighted by atomic mass is 10.2. The molecule has 0 saturated carbocycles. The second kappa shape index (κ2) is 7.90. The number of carbonyl (C=O) groups excluding carboxylic acids is 1. The minimum absolute atomic E-state index is 0.138. The third kappa shape index (κ3) is 4.64. The zero-order valence-corrected chi connectivity index (χ0v) is 14.0. The van der Waals surface area contributed by atoms with E-state index in [0.717, 1.165) is 5.56 Å².